The van der Waals surface area contributed by atoms with Crippen LogP contribution in [0.2, 0.25) is 0 Å². The van der Waals surface area contributed by atoms with E-state index in [4.69, 9.17) is 0 Å². The van der Waals surface area contributed by atoms with Gasteiger partial charge < -0.3 is 5.32 Å². The van der Waals surface area contributed by atoms with Crippen LogP contribution in [0.25, 0.3) is 11.1 Å². The Kier molecular flexibility index (Phi) is 3.77. The molecule has 1 heterocycles. The summed E-state index contributed by atoms with van der Waals surface area (Å²) in [6, 6.07) is 5.21. The number of benzene rings is 1. The predicted molar refractivity (Wildman–Crippen MR) is 70.7 cm³/mol. The summed E-state index contributed by atoms with van der Waals surface area (Å²) in [5.74, 6) is -0.166. The van der Waals surface area contributed by atoms with Gasteiger partial charge in [-0.2, -0.15) is 5.10 Å². The average Bonchev–Trinajstić information content (AvgIpc) is 2.69. The van der Waals surface area contributed by atoms with Crippen LogP contribution in [0.15, 0.2) is 24.4 Å². The summed E-state index contributed by atoms with van der Waals surface area (Å²) < 4.78 is 15.5. The molecule has 18 heavy (non-hydrogen) atoms. The largest absolute Gasteiger partial charge is 0.313 e. The summed E-state index contributed by atoms with van der Waals surface area (Å²) in [5.41, 5.74) is 3.83. The summed E-state index contributed by atoms with van der Waals surface area (Å²) in [7, 11) is 1.90. The van der Waals surface area contributed by atoms with Crippen molar-refractivity contribution in [3.05, 3.63) is 41.5 Å². The Hall–Kier alpha value is -1.68. The fourth-order valence-electron chi connectivity index (χ4n) is 1.92. The molecule has 0 fully saturated rings. The van der Waals surface area contributed by atoms with Gasteiger partial charge in [0.05, 0.1) is 6.20 Å². The molecule has 1 aromatic heterocycles. The third kappa shape index (κ3) is 2.43. The van der Waals surface area contributed by atoms with E-state index >= 15 is 0 Å². The van der Waals surface area contributed by atoms with Gasteiger partial charge in [-0.25, -0.2) is 4.39 Å². The molecule has 0 saturated heterocycles. The predicted octanol–water partition coefficient (Wildman–Crippen LogP) is 2.64. The smallest absolute Gasteiger partial charge is 0.127 e. The van der Waals surface area contributed by atoms with Gasteiger partial charge in [0.1, 0.15) is 5.82 Å². The first-order valence-corrected chi connectivity index (χ1v) is 6.11. The number of nitrogens with zero attached hydrogens (tertiary/aromatic N) is 2. The number of halogens is 1. The van der Waals surface area contributed by atoms with E-state index in [1.165, 1.54) is 6.07 Å². The van der Waals surface area contributed by atoms with Gasteiger partial charge in [0.2, 0.25) is 0 Å². The Morgan fingerprint density at radius 2 is 2.17 bits per heavy atom. The van der Waals surface area contributed by atoms with Crippen LogP contribution in [0.4, 0.5) is 4.39 Å². The van der Waals surface area contributed by atoms with Gasteiger partial charge in [-0.15, -0.1) is 0 Å². The maximum absolute atomic E-state index is 13.7. The minimum absolute atomic E-state index is 0.166. The first kappa shape index (κ1) is 12.8. The van der Waals surface area contributed by atoms with E-state index in [0.717, 1.165) is 23.4 Å². The van der Waals surface area contributed by atoms with Crippen molar-refractivity contribution in [1.29, 1.82) is 0 Å². The van der Waals surface area contributed by atoms with Gasteiger partial charge in [-0.3, -0.25) is 4.68 Å². The zero-order chi connectivity index (χ0) is 13.1. The summed E-state index contributed by atoms with van der Waals surface area (Å²) in [6.45, 7) is 5.40. The van der Waals surface area contributed by atoms with E-state index in [9.17, 15) is 4.39 Å². The molecule has 1 N–H and O–H groups in total. The van der Waals surface area contributed by atoms with Gasteiger partial charge in [-0.1, -0.05) is 13.0 Å². The number of nitrogens with one attached hydrogen (secondary N) is 1. The first-order chi connectivity index (χ1) is 8.63. The summed E-state index contributed by atoms with van der Waals surface area (Å²) in [4.78, 5) is 0. The monoisotopic (exact) mass is 247 g/mol. The van der Waals surface area contributed by atoms with E-state index in [2.05, 4.69) is 10.4 Å². The fourth-order valence-corrected chi connectivity index (χ4v) is 1.92. The van der Waals surface area contributed by atoms with Crippen LogP contribution in [-0.2, 0) is 13.6 Å². The van der Waals surface area contributed by atoms with Crippen LogP contribution in [0.5, 0.6) is 0 Å². The summed E-state index contributed by atoms with van der Waals surface area (Å²) in [6.07, 6.45) is 1.82. The number of rotatable bonds is 4. The third-order valence-corrected chi connectivity index (χ3v) is 3.16. The van der Waals surface area contributed by atoms with E-state index < -0.39 is 0 Å². The number of hydrogen-bond donors (Lipinski definition) is 1. The number of aryl methyl sites for hydroxylation is 1. The van der Waals surface area contributed by atoms with Gasteiger partial charge in [-0.05, 0) is 31.2 Å². The Morgan fingerprint density at radius 1 is 1.39 bits per heavy atom. The molecule has 0 saturated carbocycles. The second-order valence-electron chi connectivity index (χ2n) is 4.35. The Balaban J connectivity index is 2.37. The van der Waals surface area contributed by atoms with E-state index in [1.54, 1.807) is 6.07 Å². The highest BCUT2D eigenvalue weighted by molar-refractivity contribution is 5.65. The molecule has 0 unspecified atom stereocenters. The SMILES string of the molecule is CCNCc1cc(-c2cnn(C)c2C)ccc1F. The van der Waals surface area contributed by atoms with E-state index in [0.29, 0.717) is 12.1 Å². The standard InChI is InChI=1S/C14H18FN3/c1-4-16-8-12-7-11(5-6-14(12)15)13-9-17-18(3)10(13)2/h5-7,9,16H,4,8H2,1-3H3. The molecule has 4 heteroatoms. The van der Waals surface area contributed by atoms with Crippen molar-refractivity contribution in [3.63, 3.8) is 0 Å². The van der Waals surface area contributed by atoms with Crippen molar-refractivity contribution in [2.75, 3.05) is 6.54 Å². The quantitative estimate of drug-likeness (QED) is 0.900. The highest BCUT2D eigenvalue weighted by Gasteiger charge is 2.09. The molecule has 2 rings (SSSR count). The summed E-state index contributed by atoms with van der Waals surface area (Å²) >= 11 is 0. The van der Waals surface area contributed by atoms with Crippen LogP contribution in [0.1, 0.15) is 18.2 Å². The lowest BCUT2D eigenvalue weighted by atomic mass is 10.0. The molecule has 0 aliphatic rings. The van der Waals surface area contributed by atoms with Crippen molar-refractivity contribution in [2.24, 2.45) is 7.05 Å². The molecule has 0 radical (unpaired) electrons. The molecule has 0 amide bonds. The first-order valence-electron chi connectivity index (χ1n) is 6.11. The van der Waals surface area contributed by atoms with Crippen molar-refractivity contribution >= 4 is 0 Å². The lowest BCUT2D eigenvalue weighted by Gasteiger charge is -2.07. The second kappa shape index (κ2) is 5.31. The van der Waals surface area contributed by atoms with E-state index in [-0.39, 0.29) is 5.82 Å². The van der Waals surface area contributed by atoms with Crippen LogP contribution in [-0.4, -0.2) is 16.3 Å². The highest BCUT2D eigenvalue weighted by Crippen LogP contribution is 2.24. The zero-order valence-corrected chi connectivity index (χ0v) is 11.0. The minimum Gasteiger partial charge on any atom is -0.313 e. The van der Waals surface area contributed by atoms with Gasteiger partial charge in [0.15, 0.2) is 0 Å². The highest BCUT2D eigenvalue weighted by atomic mass is 19.1. The number of hydrogen-bond acceptors (Lipinski definition) is 2. The van der Waals surface area contributed by atoms with Gasteiger partial charge in [0.25, 0.3) is 0 Å². The molecule has 0 bridgehead atoms. The normalized spacial score (nSPS) is 10.9. The van der Waals surface area contributed by atoms with Crippen LogP contribution < -0.4 is 5.32 Å². The maximum Gasteiger partial charge on any atom is 0.127 e. The van der Waals surface area contributed by atoms with Crippen molar-refractivity contribution in [1.82, 2.24) is 15.1 Å². The molecule has 0 aliphatic carbocycles. The van der Waals surface area contributed by atoms with Crippen molar-refractivity contribution in [3.8, 4) is 11.1 Å². The van der Waals surface area contributed by atoms with Crippen LogP contribution in [0, 0.1) is 12.7 Å². The van der Waals surface area contributed by atoms with Crippen molar-refractivity contribution in [2.45, 2.75) is 20.4 Å². The third-order valence-electron chi connectivity index (χ3n) is 3.16. The van der Waals surface area contributed by atoms with Crippen LogP contribution >= 0.6 is 0 Å². The lowest BCUT2D eigenvalue weighted by Crippen LogP contribution is -2.13. The molecule has 96 valence electrons. The topological polar surface area (TPSA) is 29.9 Å². The zero-order valence-electron chi connectivity index (χ0n) is 11.0. The van der Waals surface area contributed by atoms with E-state index in [1.807, 2.05) is 37.8 Å². The second-order valence-corrected chi connectivity index (χ2v) is 4.35. The number of aromatic nitrogens is 2. The lowest BCUT2D eigenvalue weighted by molar-refractivity contribution is 0.593. The molecule has 0 atom stereocenters. The molecule has 3 nitrogen and oxygen atoms in total. The minimum atomic E-state index is -0.166. The van der Waals surface area contributed by atoms with Crippen LogP contribution in [0.3, 0.4) is 0 Å². The fraction of sp³-hybridized carbons (Fsp3) is 0.357. The van der Waals surface area contributed by atoms with Crippen molar-refractivity contribution < 1.29 is 4.39 Å². The molecule has 0 spiro atoms. The van der Waals surface area contributed by atoms with Gasteiger partial charge >= 0.3 is 0 Å². The molecule has 2 aromatic rings. The van der Waals surface area contributed by atoms with Gasteiger partial charge in [0, 0.05) is 30.4 Å². The summed E-state index contributed by atoms with van der Waals surface area (Å²) in [5, 5.41) is 7.36. The molecule has 1 aromatic carbocycles. The Labute approximate surface area is 107 Å². The average molecular weight is 247 g/mol. The Morgan fingerprint density at radius 3 is 2.78 bits per heavy atom. The Bertz CT molecular complexity index is 546. The maximum atomic E-state index is 13.7. The molecular formula is C14H18FN3. The molecular weight excluding hydrogens is 229 g/mol. The molecule has 0 aliphatic heterocycles.